The fraction of sp³-hybridized carbons (Fsp3) is 0.533. The third-order valence-corrected chi connectivity index (χ3v) is 2.92. The van der Waals surface area contributed by atoms with Gasteiger partial charge in [0.1, 0.15) is 0 Å². The first-order valence-corrected chi connectivity index (χ1v) is 6.93. The van der Waals surface area contributed by atoms with E-state index in [-0.39, 0.29) is 0 Å². The lowest BCUT2D eigenvalue weighted by molar-refractivity contribution is 0.141. The largest absolute Gasteiger partial charge is 0.397 e. The maximum atomic E-state index is 8.88. The molecule has 0 spiro atoms. The predicted octanol–water partition coefficient (Wildman–Crippen LogP) is 2.02. The molecule has 20 heavy (non-hydrogen) atoms. The fourth-order valence-corrected chi connectivity index (χ4v) is 1.90. The molecule has 110 valence electrons. The normalized spacial score (nSPS) is 10.2. The van der Waals surface area contributed by atoms with Crippen molar-refractivity contribution >= 4 is 11.4 Å². The smallest absolute Gasteiger partial charge is 0.0992 e. The van der Waals surface area contributed by atoms with Crippen LogP contribution in [0.4, 0.5) is 11.4 Å². The van der Waals surface area contributed by atoms with Gasteiger partial charge >= 0.3 is 0 Å². The molecular formula is C15H23N3O2. The molecule has 0 unspecified atom stereocenters. The van der Waals surface area contributed by atoms with Gasteiger partial charge in [0.15, 0.2) is 0 Å². The van der Waals surface area contributed by atoms with Crippen LogP contribution in [-0.2, 0) is 9.47 Å². The Morgan fingerprint density at radius 1 is 1.15 bits per heavy atom. The van der Waals surface area contributed by atoms with Gasteiger partial charge in [0.05, 0.1) is 36.2 Å². The monoisotopic (exact) mass is 277 g/mol. The van der Waals surface area contributed by atoms with Gasteiger partial charge in [-0.25, -0.2) is 0 Å². The maximum Gasteiger partial charge on any atom is 0.0992 e. The van der Waals surface area contributed by atoms with E-state index < -0.39 is 0 Å². The summed E-state index contributed by atoms with van der Waals surface area (Å²) < 4.78 is 10.8. The van der Waals surface area contributed by atoms with Crippen LogP contribution in [0.2, 0.25) is 0 Å². The summed E-state index contributed by atoms with van der Waals surface area (Å²) >= 11 is 0. The molecule has 0 radical (unpaired) electrons. The topological polar surface area (TPSA) is 71.5 Å². The average molecular weight is 277 g/mol. The number of ether oxygens (including phenoxy) is 2. The summed E-state index contributed by atoms with van der Waals surface area (Å²) in [5.74, 6) is 0. The zero-order valence-corrected chi connectivity index (χ0v) is 12.3. The molecule has 0 atom stereocenters. The highest BCUT2D eigenvalue weighted by atomic mass is 16.5. The maximum absolute atomic E-state index is 8.88. The number of nitrogen functional groups attached to an aromatic ring is 1. The minimum atomic E-state index is 0.570. The van der Waals surface area contributed by atoms with Gasteiger partial charge in [-0.1, -0.05) is 0 Å². The van der Waals surface area contributed by atoms with Crippen LogP contribution in [0.25, 0.3) is 0 Å². The second-order valence-corrected chi connectivity index (χ2v) is 4.27. The molecule has 0 amide bonds. The molecule has 0 aliphatic heterocycles. The van der Waals surface area contributed by atoms with Crippen molar-refractivity contribution < 1.29 is 9.47 Å². The van der Waals surface area contributed by atoms with Crippen molar-refractivity contribution in [3.05, 3.63) is 23.8 Å². The van der Waals surface area contributed by atoms with Crippen molar-refractivity contribution in [3.8, 4) is 6.07 Å². The molecule has 0 fully saturated rings. The Labute approximate surface area is 120 Å². The van der Waals surface area contributed by atoms with Gasteiger partial charge < -0.3 is 20.1 Å². The van der Waals surface area contributed by atoms with Gasteiger partial charge in [0.25, 0.3) is 0 Å². The van der Waals surface area contributed by atoms with Crippen molar-refractivity contribution in [3.63, 3.8) is 0 Å². The first-order valence-electron chi connectivity index (χ1n) is 6.93. The zero-order valence-electron chi connectivity index (χ0n) is 12.3. The lowest BCUT2D eigenvalue weighted by Gasteiger charge is -2.26. The Morgan fingerprint density at radius 3 is 2.20 bits per heavy atom. The summed E-state index contributed by atoms with van der Waals surface area (Å²) in [5, 5.41) is 8.88. The number of benzene rings is 1. The third-order valence-electron chi connectivity index (χ3n) is 2.92. The summed E-state index contributed by atoms with van der Waals surface area (Å²) in [4.78, 5) is 2.13. The van der Waals surface area contributed by atoms with Crippen LogP contribution in [0, 0.1) is 11.3 Å². The molecule has 0 heterocycles. The lowest BCUT2D eigenvalue weighted by atomic mass is 10.1. The molecule has 1 rings (SSSR count). The fourth-order valence-electron chi connectivity index (χ4n) is 1.90. The van der Waals surface area contributed by atoms with E-state index in [1.54, 1.807) is 12.1 Å². The summed E-state index contributed by atoms with van der Waals surface area (Å²) in [6.07, 6.45) is 0. The first-order chi connectivity index (χ1) is 9.72. The van der Waals surface area contributed by atoms with Crippen LogP contribution < -0.4 is 10.6 Å². The zero-order chi connectivity index (χ0) is 14.8. The molecular weight excluding hydrogens is 254 g/mol. The number of hydrogen-bond acceptors (Lipinski definition) is 5. The first kappa shape index (κ1) is 16.3. The Morgan fingerprint density at radius 2 is 1.75 bits per heavy atom. The van der Waals surface area contributed by atoms with Crippen LogP contribution in [0.15, 0.2) is 18.2 Å². The molecule has 5 nitrogen and oxygen atoms in total. The predicted molar refractivity (Wildman–Crippen MR) is 80.8 cm³/mol. The Bertz CT molecular complexity index is 433. The number of nitrogens with two attached hydrogens (primary N) is 1. The molecule has 1 aromatic carbocycles. The third kappa shape index (κ3) is 5.08. The molecule has 0 aromatic heterocycles. The summed E-state index contributed by atoms with van der Waals surface area (Å²) in [6, 6.07) is 7.45. The van der Waals surface area contributed by atoms with Crippen molar-refractivity contribution in [1.82, 2.24) is 0 Å². The van der Waals surface area contributed by atoms with E-state index in [2.05, 4.69) is 11.0 Å². The number of anilines is 2. The van der Waals surface area contributed by atoms with E-state index >= 15 is 0 Å². The molecule has 0 bridgehead atoms. The van der Waals surface area contributed by atoms with Gasteiger partial charge in [-0.05, 0) is 32.0 Å². The summed E-state index contributed by atoms with van der Waals surface area (Å²) in [6.45, 7) is 8.11. The van der Waals surface area contributed by atoms with Crippen LogP contribution in [-0.4, -0.2) is 39.5 Å². The molecule has 2 N–H and O–H groups in total. The van der Waals surface area contributed by atoms with Gasteiger partial charge in [-0.2, -0.15) is 5.26 Å². The molecule has 0 saturated carbocycles. The van der Waals surface area contributed by atoms with Gasteiger partial charge in [-0.15, -0.1) is 0 Å². The minimum absolute atomic E-state index is 0.570. The van der Waals surface area contributed by atoms with E-state index in [0.29, 0.717) is 37.7 Å². The highest BCUT2D eigenvalue weighted by Gasteiger charge is 2.10. The van der Waals surface area contributed by atoms with Crippen LogP contribution in [0.1, 0.15) is 19.4 Å². The lowest BCUT2D eigenvalue weighted by Crippen LogP contribution is -2.31. The van der Waals surface area contributed by atoms with Crippen LogP contribution >= 0.6 is 0 Å². The molecule has 1 aromatic rings. The standard InChI is InChI=1S/C15H23N3O2/c1-3-19-9-7-18(8-10-20-4-2)15-6-5-13(12-16)11-14(15)17/h5-6,11H,3-4,7-10,17H2,1-2H3. The molecule has 0 saturated heterocycles. The Balaban J connectivity index is 2.77. The Hall–Kier alpha value is -1.77. The van der Waals surface area contributed by atoms with Crippen LogP contribution in [0.3, 0.4) is 0 Å². The minimum Gasteiger partial charge on any atom is -0.397 e. The summed E-state index contributed by atoms with van der Waals surface area (Å²) in [7, 11) is 0. The second kappa shape index (κ2) is 9.18. The van der Waals surface area contributed by atoms with Gasteiger partial charge in [0.2, 0.25) is 0 Å². The van der Waals surface area contributed by atoms with Crippen molar-refractivity contribution in [2.45, 2.75) is 13.8 Å². The molecule has 0 aliphatic carbocycles. The van der Waals surface area contributed by atoms with E-state index in [4.69, 9.17) is 20.5 Å². The average Bonchev–Trinajstić information content (AvgIpc) is 2.46. The Kier molecular flexibility index (Phi) is 7.48. The molecule has 5 heteroatoms. The van der Waals surface area contributed by atoms with Gasteiger partial charge in [0, 0.05) is 26.3 Å². The molecule has 0 aliphatic rings. The van der Waals surface area contributed by atoms with E-state index in [1.165, 1.54) is 0 Å². The van der Waals surface area contributed by atoms with E-state index in [0.717, 1.165) is 18.8 Å². The number of nitriles is 1. The number of hydrogen-bond donors (Lipinski definition) is 1. The highest BCUT2D eigenvalue weighted by Crippen LogP contribution is 2.24. The number of nitrogens with zero attached hydrogens (tertiary/aromatic N) is 2. The summed E-state index contributed by atoms with van der Waals surface area (Å²) in [5.41, 5.74) is 8.13. The van der Waals surface area contributed by atoms with Crippen molar-refractivity contribution in [2.24, 2.45) is 0 Å². The SMILES string of the molecule is CCOCCN(CCOCC)c1ccc(C#N)cc1N. The second-order valence-electron chi connectivity index (χ2n) is 4.27. The van der Waals surface area contributed by atoms with Crippen molar-refractivity contribution in [2.75, 3.05) is 50.2 Å². The van der Waals surface area contributed by atoms with E-state index in [9.17, 15) is 0 Å². The quantitative estimate of drug-likeness (QED) is 0.552. The van der Waals surface area contributed by atoms with Crippen LogP contribution in [0.5, 0.6) is 0 Å². The highest BCUT2D eigenvalue weighted by molar-refractivity contribution is 5.69. The van der Waals surface area contributed by atoms with Gasteiger partial charge in [-0.3, -0.25) is 0 Å². The van der Waals surface area contributed by atoms with E-state index in [1.807, 2.05) is 19.9 Å². The van der Waals surface area contributed by atoms with Crippen molar-refractivity contribution in [1.29, 1.82) is 5.26 Å². The number of rotatable bonds is 9.